The van der Waals surface area contributed by atoms with E-state index in [-0.39, 0.29) is 23.3 Å². The summed E-state index contributed by atoms with van der Waals surface area (Å²) < 4.78 is 12.1. The second-order valence-electron chi connectivity index (χ2n) is 11.2. The summed E-state index contributed by atoms with van der Waals surface area (Å²) in [6.45, 7) is 0. The largest absolute Gasteiger partial charge is 0.457 e. The lowest BCUT2D eigenvalue weighted by Gasteiger charge is -2.14. The number of carbonyl (C=O) groups is 4. The van der Waals surface area contributed by atoms with Gasteiger partial charge in [-0.1, -0.05) is 66.7 Å². The highest BCUT2D eigenvalue weighted by Crippen LogP contribution is 2.37. The van der Waals surface area contributed by atoms with Crippen LogP contribution in [0.1, 0.15) is 41.4 Å². The summed E-state index contributed by atoms with van der Waals surface area (Å²) in [4.78, 5) is 54.8. The standard InChI is InChI=1S/C40H24N2O6/c43-37-32-23-22-31(24-34(32)39(45)41(37)27-8-3-1-4-9-27)47-29-18-14-25(15-19-29)26-16-20-30(21-17-26)48-35-13-7-12-33-36(35)40(46)42(38(33)44)28-10-5-2-6-11-28/h1-24H. The molecule has 0 spiro atoms. The minimum Gasteiger partial charge on any atom is -0.457 e. The van der Waals surface area contributed by atoms with E-state index in [1.807, 2.05) is 48.5 Å². The van der Waals surface area contributed by atoms with Crippen LogP contribution in [0.5, 0.6) is 23.0 Å². The molecule has 0 unspecified atom stereocenters. The first-order valence-corrected chi connectivity index (χ1v) is 15.2. The lowest BCUT2D eigenvalue weighted by molar-refractivity contribution is 0.0910. The van der Waals surface area contributed by atoms with E-state index < -0.39 is 5.91 Å². The average molecular weight is 629 g/mol. The maximum Gasteiger partial charge on any atom is 0.269 e. The zero-order valence-electron chi connectivity index (χ0n) is 25.2. The Labute approximate surface area is 275 Å². The molecule has 0 N–H and O–H groups in total. The molecule has 0 radical (unpaired) electrons. The average Bonchev–Trinajstić information content (AvgIpc) is 3.53. The van der Waals surface area contributed by atoms with Crippen LogP contribution in [0.3, 0.4) is 0 Å². The summed E-state index contributed by atoms with van der Waals surface area (Å²) in [5.74, 6) is 0.272. The molecule has 2 aliphatic rings. The van der Waals surface area contributed by atoms with E-state index in [2.05, 4.69) is 0 Å². The van der Waals surface area contributed by atoms with E-state index >= 15 is 0 Å². The Morgan fingerprint density at radius 3 is 1.48 bits per heavy atom. The summed E-state index contributed by atoms with van der Waals surface area (Å²) in [5.41, 5.74) is 4.05. The molecule has 48 heavy (non-hydrogen) atoms. The third-order valence-corrected chi connectivity index (χ3v) is 8.27. The highest BCUT2D eigenvalue weighted by Gasteiger charge is 2.39. The molecule has 0 aromatic heterocycles. The fraction of sp³-hybridized carbons (Fsp3) is 0. The highest BCUT2D eigenvalue weighted by molar-refractivity contribution is 6.35. The summed E-state index contributed by atoms with van der Waals surface area (Å²) in [5, 5.41) is 0. The normalized spacial score (nSPS) is 13.5. The summed E-state index contributed by atoms with van der Waals surface area (Å²) in [7, 11) is 0. The maximum absolute atomic E-state index is 13.3. The number of fused-ring (bicyclic) bond motifs is 2. The summed E-state index contributed by atoms with van der Waals surface area (Å²) >= 11 is 0. The van der Waals surface area contributed by atoms with Crippen molar-refractivity contribution in [3.8, 4) is 34.1 Å². The lowest BCUT2D eigenvalue weighted by Crippen LogP contribution is -2.29. The van der Waals surface area contributed by atoms with Crippen LogP contribution in [-0.4, -0.2) is 23.6 Å². The van der Waals surface area contributed by atoms with Crippen molar-refractivity contribution < 1.29 is 28.7 Å². The molecule has 8 rings (SSSR count). The molecule has 0 saturated heterocycles. The van der Waals surface area contributed by atoms with E-state index in [4.69, 9.17) is 9.47 Å². The lowest BCUT2D eigenvalue weighted by atomic mass is 10.1. The van der Waals surface area contributed by atoms with Crippen LogP contribution in [0.2, 0.25) is 0 Å². The molecule has 6 aromatic rings. The summed E-state index contributed by atoms with van der Waals surface area (Å²) in [6, 6.07) is 42.4. The van der Waals surface area contributed by atoms with Gasteiger partial charge in [0.25, 0.3) is 23.6 Å². The van der Waals surface area contributed by atoms with E-state index in [0.717, 1.165) is 16.0 Å². The Balaban J connectivity index is 0.960. The Bertz CT molecular complexity index is 2250. The zero-order valence-corrected chi connectivity index (χ0v) is 25.2. The number of nitrogens with zero attached hydrogens (tertiary/aromatic N) is 2. The van der Waals surface area contributed by atoms with Gasteiger partial charge in [-0.2, -0.15) is 0 Å². The van der Waals surface area contributed by atoms with Crippen molar-refractivity contribution in [3.05, 3.63) is 168 Å². The molecule has 0 bridgehead atoms. The number of rotatable bonds is 7. The van der Waals surface area contributed by atoms with Crippen LogP contribution in [0.25, 0.3) is 11.1 Å². The van der Waals surface area contributed by atoms with Crippen LogP contribution in [-0.2, 0) is 0 Å². The van der Waals surface area contributed by atoms with Gasteiger partial charge in [0.05, 0.1) is 33.6 Å². The van der Waals surface area contributed by atoms with Crippen molar-refractivity contribution in [2.24, 2.45) is 0 Å². The Hall–Kier alpha value is -6.80. The predicted octanol–water partition coefficient (Wildman–Crippen LogP) is 8.54. The van der Waals surface area contributed by atoms with Crippen LogP contribution in [0.4, 0.5) is 11.4 Å². The van der Waals surface area contributed by atoms with E-state index in [9.17, 15) is 19.2 Å². The number of imide groups is 2. The third-order valence-electron chi connectivity index (χ3n) is 8.27. The van der Waals surface area contributed by atoms with Gasteiger partial charge in [-0.3, -0.25) is 19.2 Å². The molecule has 2 aliphatic heterocycles. The Kier molecular flexibility index (Phi) is 6.88. The predicted molar refractivity (Wildman–Crippen MR) is 180 cm³/mol. The van der Waals surface area contributed by atoms with Gasteiger partial charge in [-0.25, -0.2) is 9.80 Å². The van der Waals surface area contributed by atoms with Gasteiger partial charge < -0.3 is 9.47 Å². The molecule has 0 fully saturated rings. The van der Waals surface area contributed by atoms with E-state index in [1.54, 1.807) is 97.1 Å². The SMILES string of the molecule is O=C1c2ccc(Oc3ccc(-c4ccc(Oc5cccc6c5C(=O)N(c5ccccc5)C6=O)cc4)cc3)cc2C(=O)N1c1ccccc1. The number of hydrogen-bond acceptors (Lipinski definition) is 6. The first kappa shape index (κ1) is 28.7. The molecule has 6 aromatic carbocycles. The Morgan fingerprint density at radius 1 is 0.375 bits per heavy atom. The zero-order chi connectivity index (χ0) is 32.8. The second kappa shape index (κ2) is 11.5. The van der Waals surface area contributed by atoms with Crippen LogP contribution in [0, 0.1) is 0 Å². The fourth-order valence-electron chi connectivity index (χ4n) is 5.94. The number of carbonyl (C=O) groups excluding carboxylic acids is 4. The van der Waals surface area contributed by atoms with Gasteiger partial charge in [0.2, 0.25) is 0 Å². The quantitative estimate of drug-likeness (QED) is 0.165. The monoisotopic (exact) mass is 628 g/mol. The number of para-hydroxylation sites is 2. The van der Waals surface area contributed by atoms with Crippen molar-refractivity contribution in [1.82, 2.24) is 0 Å². The van der Waals surface area contributed by atoms with Gasteiger partial charge in [0.15, 0.2) is 0 Å². The number of hydrogen-bond donors (Lipinski definition) is 0. The van der Waals surface area contributed by atoms with Crippen molar-refractivity contribution in [3.63, 3.8) is 0 Å². The van der Waals surface area contributed by atoms with Crippen molar-refractivity contribution in [2.45, 2.75) is 0 Å². The summed E-state index contributed by atoms with van der Waals surface area (Å²) in [6.07, 6.45) is 0. The topological polar surface area (TPSA) is 93.2 Å². The van der Waals surface area contributed by atoms with E-state index in [0.29, 0.717) is 51.1 Å². The molecule has 0 atom stereocenters. The van der Waals surface area contributed by atoms with E-state index in [1.165, 1.54) is 4.90 Å². The molecular weight excluding hydrogens is 604 g/mol. The number of amides is 4. The number of benzene rings is 6. The maximum atomic E-state index is 13.3. The highest BCUT2D eigenvalue weighted by atomic mass is 16.5. The molecule has 230 valence electrons. The molecule has 4 amide bonds. The fourth-order valence-corrected chi connectivity index (χ4v) is 5.94. The van der Waals surface area contributed by atoms with Crippen molar-refractivity contribution in [2.75, 3.05) is 9.80 Å². The van der Waals surface area contributed by atoms with Crippen molar-refractivity contribution >= 4 is 35.0 Å². The molecule has 2 heterocycles. The van der Waals surface area contributed by atoms with Crippen LogP contribution in [0.15, 0.2) is 146 Å². The van der Waals surface area contributed by atoms with Gasteiger partial charge in [0.1, 0.15) is 23.0 Å². The Morgan fingerprint density at radius 2 is 0.875 bits per heavy atom. The number of ether oxygens (including phenoxy) is 2. The third kappa shape index (κ3) is 4.89. The molecular formula is C40H24N2O6. The molecule has 8 nitrogen and oxygen atoms in total. The second-order valence-corrected chi connectivity index (χ2v) is 11.2. The smallest absolute Gasteiger partial charge is 0.269 e. The minimum atomic E-state index is -0.426. The minimum absolute atomic E-state index is 0.235. The van der Waals surface area contributed by atoms with Gasteiger partial charge in [0, 0.05) is 0 Å². The molecule has 0 saturated carbocycles. The van der Waals surface area contributed by atoms with Crippen LogP contribution >= 0.6 is 0 Å². The van der Waals surface area contributed by atoms with Crippen molar-refractivity contribution in [1.29, 1.82) is 0 Å². The first-order valence-electron chi connectivity index (χ1n) is 15.2. The van der Waals surface area contributed by atoms with Gasteiger partial charge >= 0.3 is 0 Å². The van der Waals surface area contributed by atoms with Gasteiger partial charge in [-0.15, -0.1) is 0 Å². The molecule has 0 aliphatic carbocycles. The van der Waals surface area contributed by atoms with Gasteiger partial charge in [-0.05, 0) is 90.0 Å². The van der Waals surface area contributed by atoms with Crippen LogP contribution < -0.4 is 19.3 Å². The first-order chi connectivity index (χ1) is 23.5. The number of anilines is 2. The molecule has 8 heteroatoms.